The Morgan fingerprint density at radius 1 is 1.30 bits per heavy atom. The summed E-state index contributed by atoms with van der Waals surface area (Å²) in [5.74, 6) is 0.201. The molecular weight excluding hydrogens is 290 g/mol. The summed E-state index contributed by atoms with van der Waals surface area (Å²) in [5, 5.41) is 11.1. The van der Waals surface area contributed by atoms with Gasteiger partial charge in [0.2, 0.25) is 0 Å². The molecule has 1 aromatic carbocycles. The van der Waals surface area contributed by atoms with Gasteiger partial charge in [-0.15, -0.1) is 0 Å². The van der Waals surface area contributed by atoms with Crippen molar-refractivity contribution in [3.63, 3.8) is 0 Å². The Hall–Kier alpha value is -2.56. The smallest absolute Gasteiger partial charge is 0.287 e. The molecule has 0 aliphatic heterocycles. The number of benzene rings is 1. The molecule has 3 rings (SSSR count). The maximum Gasteiger partial charge on any atom is 0.287 e. The Bertz CT molecular complexity index is 860. The Morgan fingerprint density at radius 3 is 2.78 bits per heavy atom. The van der Waals surface area contributed by atoms with Crippen molar-refractivity contribution in [2.75, 3.05) is 0 Å². The second-order valence-electron chi connectivity index (χ2n) is 6.18. The van der Waals surface area contributed by atoms with Crippen LogP contribution in [0.5, 0.6) is 0 Å². The highest BCUT2D eigenvalue weighted by atomic mass is 16.3. The molecule has 2 heterocycles. The molecule has 120 valence electrons. The molecule has 0 radical (unpaired) electrons. The van der Waals surface area contributed by atoms with Crippen molar-refractivity contribution in [3.8, 4) is 0 Å². The highest BCUT2D eigenvalue weighted by Gasteiger charge is 2.19. The summed E-state index contributed by atoms with van der Waals surface area (Å²) < 4.78 is 5.74. The number of aryl methyl sites for hydroxylation is 3. The Balaban J connectivity index is 1.76. The van der Waals surface area contributed by atoms with Gasteiger partial charge in [-0.1, -0.05) is 11.6 Å². The van der Waals surface area contributed by atoms with Crippen LogP contribution in [-0.2, 0) is 6.42 Å². The zero-order valence-corrected chi connectivity index (χ0v) is 13.9. The van der Waals surface area contributed by atoms with Gasteiger partial charge < -0.3 is 9.73 Å². The SMILES string of the molecule is Cc1ccc2oc(C(=O)N[C@H](C)Cc3cc(C)[nH]n3)c(C)c2c1. The lowest BCUT2D eigenvalue weighted by Gasteiger charge is -2.11. The first-order valence-corrected chi connectivity index (χ1v) is 7.75. The number of aromatic amines is 1. The third-order valence-corrected chi connectivity index (χ3v) is 3.95. The van der Waals surface area contributed by atoms with Gasteiger partial charge in [-0.25, -0.2) is 0 Å². The average molecular weight is 311 g/mol. The van der Waals surface area contributed by atoms with Crippen molar-refractivity contribution in [1.29, 1.82) is 0 Å². The number of furan rings is 1. The molecule has 0 bridgehead atoms. The van der Waals surface area contributed by atoms with Crippen LogP contribution >= 0.6 is 0 Å². The fraction of sp³-hybridized carbons (Fsp3) is 0.333. The number of amides is 1. The van der Waals surface area contributed by atoms with E-state index >= 15 is 0 Å². The molecule has 0 saturated carbocycles. The molecular formula is C18H21N3O2. The van der Waals surface area contributed by atoms with Crippen LogP contribution in [0.25, 0.3) is 11.0 Å². The van der Waals surface area contributed by atoms with E-state index in [4.69, 9.17) is 4.42 Å². The molecule has 0 fully saturated rings. The summed E-state index contributed by atoms with van der Waals surface area (Å²) in [7, 11) is 0. The third-order valence-electron chi connectivity index (χ3n) is 3.95. The maximum absolute atomic E-state index is 12.5. The van der Waals surface area contributed by atoms with Crippen LogP contribution in [-0.4, -0.2) is 22.1 Å². The number of hydrogen-bond acceptors (Lipinski definition) is 3. The van der Waals surface area contributed by atoms with Gasteiger partial charge in [0.1, 0.15) is 5.58 Å². The number of carbonyl (C=O) groups is 1. The van der Waals surface area contributed by atoms with Crippen LogP contribution in [0, 0.1) is 20.8 Å². The van der Waals surface area contributed by atoms with Gasteiger partial charge in [0.15, 0.2) is 5.76 Å². The maximum atomic E-state index is 12.5. The predicted molar refractivity (Wildman–Crippen MR) is 89.6 cm³/mol. The lowest BCUT2D eigenvalue weighted by Crippen LogP contribution is -2.34. The van der Waals surface area contributed by atoms with Gasteiger partial charge in [0.25, 0.3) is 5.91 Å². The van der Waals surface area contributed by atoms with Gasteiger partial charge in [0.05, 0.1) is 5.69 Å². The van der Waals surface area contributed by atoms with Crippen molar-refractivity contribution < 1.29 is 9.21 Å². The van der Waals surface area contributed by atoms with E-state index in [0.717, 1.165) is 33.5 Å². The molecule has 5 heteroatoms. The number of nitrogens with one attached hydrogen (secondary N) is 2. The monoisotopic (exact) mass is 311 g/mol. The van der Waals surface area contributed by atoms with E-state index in [1.165, 1.54) is 0 Å². The van der Waals surface area contributed by atoms with Crippen LogP contribution < -0.4 is 5.32 Å². The lowest BCUT2D eigenvalue weighted by molar-refractivity contribution is 0.0913. The lowest BCUT2D eigenvalue weighted by atomic mass is 10.1. The fourth-order valence-electron chi connectivity index (χ4n) is 2.78. The first-order valence-electron chi connectivity index (χ1n) is 7.75. The Labute approximate surface area is 135 Å². The minimum absolute atomic E-state index is 0.0282. The highest BCUT2D eigenvalue weighted by Crippen LogP contribution is 2.26. The van der Waals surface area contributed by atoms with Crippen molar-refractivity contribution in [2.45, 2.75) is 40.2 Å². The first-order chi connectivity index (χ1) is 10.9. The second-order valence-corrected chi connectivity index (χ2v) is 6.18. The summed E-state index contributed by atoms with van der Waals surface area (Å²) in [6, 6.07) is 7.89. The zero-order chi connectivity index (χ0) is 16.6. The van der Waals surface area contributed by atoms with Crippen LogP contribution in [0.15, 0.2) is 28.7 Å². The number of rotatable bonds is 4. The van der Waals surface area contributed by atoms with Crippen LogP contribution in [0.4, 0.5) is 0 Å². The predicted octanol–water partition coefficient (Wildman–Crippen LogP) is 3.44. The molecule has 2 aromatic heterocycles. The van der Waals surface area contributed by atoms with Gasteiger partial charge >= 0.3 is 0 Å². The minimum atomic E-state index is -0.184. The average Bonchev–Trinajstić information content (AvgIpc) is 3.03. The highest BCUT2D eigenvalue weighted by molar-refractivity contribution is 5.99. The van der Waals surface area contributed by atoms with Crippen molar-refractivity contribution in [2.24, 2.45) is 0 Å². The number of hydrogen-bond donors (Lipinski definition) is 2. The summed E-state index contributed by atoms with van der Waals surface area (Å²) in [6.45, 7) is 7.87. The normalized spacial score (nSPS) is 12.5. The topological polar surface area (TPSA) is 70.9 Å². The van der Waals surface area contributed by atoms with E-state index in [1.807, 2.05) is 52.0 Å². The molecule has 0 saturated heterocycles. The zero-order valence-electron chi connectivity index (χ0n) is 13.9. The van der Waals surface area contributed by atoms with E-state index in [-0.39, 0.29) is 11.9 Å². The first kappa shape index (κ1) is 15.3. The minimum Gasteiger partial charge on any atom is -0.451 e. The van der Waals surface area contributed by atoms with Crippen LogP contribution in [0.1, 0.15) is 40.0 Å². The van der Waals surface area contributed by atoms with Crippen molar-refractivity contribution in [3.05, 3.63) is 52.5 Å². The Kier molecular flexibility index (Phi) is 3.94. The number of fused-ring (bicyclic) bond motifs is 1. The summed E-state index contributed by atoms with van der Waals surface area (Å²) in [6.07, 6.45) is 0.675. The van der Waals surface area contributed by atoms with Gasteiger partial charge in [-0.2, -0.15) is 5.10 Å². The summed E-state index contributed by atoms with van der Waals surface area (Å²) in [5.41, 5.74) is 4.72. The molecule has 0 spiro atoms. The number of carbonyl (C=O) groups excluding carboxylic acids is 1. The molecule has 1 atom stereocenters. The summed E-state index contributed by atoms with van der Waals surface area (Å²) >= 11 is 0. The Morgan fingerprint density at radius 2 is 2.09 bits per heavy atom. The molecule has 0 aliphatic carbocycles. The quantitative estimate of drug-likeness (QED) is 0.775. The van der Waals surface area contributed by atoms with E-state index in [9.17, 15) is 4.79 Å². The molecule has 23 heavy (non-hydrogen) atoms. The van der Waals surface area contributed by atoms with Crippen LogP contribution in [0.2, 0.25) is 0 Å². The van der Waals surface area contributed by atoms with Crippen molar-refractivity contribution in [1.82, 2.24) is 15.5 Å². The number of nitrogens with zero attached hydrogens (tertiary/aromatic N) is 1. The molecule has 0 unspecified atom stereocenters. The summed E-state index contributed by atoms with van der Waals surface area (Å²) in [4.78, 5) is 12.5. The van der Waals surface area contributed by atoms with Crippen LogP contribution in [0.3, 0.4) is 0 Å². The molecule has 2 N–H and O–H groups in total. The fourth-order valence-corrected chi connectivity index (χ4v) is 2.78. The molecule has 0 aliphatic rings. The molecule has 1 amide bonds. The van der Waals surface area contributed by atoms with Gasteiger partial charge in [0, 0.05) is 29.1 Å². The van der Waals surface area contributed by atoms with E-state index < -0.39 is 0 Å². The van der Waals surface area contributed by atoms with E-state index in [2.05, 4.69) is 15.5 Å². The van der Waals surface area contributed by atoms with E-state index in [1.54, 1.807) is 0 Å². The van der Waals surface area contributed by atoms with E-state index in [0.29, 0.717) is 12.2 Å². The standard InChI is InChI=1S/C18H21N3O2/c1-10-5-6-16-15(7-10)13(4)17(23-16)18(22)19-11(2)8-14-9-12(3)20-21-14/h5-7,9,11H,8H2,1-4H3,(H,19,22)(H,20,21)/t11-/m1/s1. The van der Waals surface area contributed by atoms with Crippen molar-refractivity contribution >= 4 is 16.9 Å². The van der Waals surface area contributed by atoms with Gasteiger partial charge in [-0.05, 0) is 45.9 Å². The number of aromatic nitrogens is 2. The van der Waals surface area contributed by atoms with Gasteiger partial charge in [-0.3, -0.25) is 9.89 Å². The largest absolute Gasteiger partial charge is 0.451 e. The second kappa shape index (κ2) is 5.91. The molecule has 3 aromatic rings. The molecule has 5 nitrogen and oxygen atoms in total. The third kappa shape index (κ3) is 3.13. The number of H-pyrrole nitrogens is 1.